The lowest BCUT2D eigenvalue weighted by Gasteiger charge is -2.50. The van der Waals surface area contributed by atoms with E-state index in [1.54, 1.807) is 44.2 Å². The zero-order chi connectivity index (χ0) is 20.0. The molecule has 0 aliphatic carbocycles. The van der Waals surface area contributed by atoms with Crippen molar-refractivity contribution in [2.75, 3.05) is 6.61 Å². The molecule has 2 saturated heterocycles. The first kappa shape index (κ1) is 19.0. The number of carbonyl (C=O) groups is 4. The zero-order valence-electron chi connectivity index (χ0n) is 14.5. The normalized spacial score (nSPS) is 28.1. The number of amides is 2. The highest BCUT2D eigenvalue weighted by Crippen LogP contribution is 2.54. The second-order valence-electron chi connectivity index (χ2n) is 6.79. The van der Waals surface area contributed by atoms with E-state index in [0.717, 1.165) is 16.7 Å². The van der Waals surface area contributed by atoms with Gasteiger partial charge in [-0.2, -0.15) is 0 Å². The Balaban J connectivity index is 1.78. The molecule has 2 aliphatic heterocycles. The summed E-state index contributed by atoms with van der Waals surface area (Å²) >= 11 is 1.04. The Morgan fingerprint density at radius 2 is 1.85 bits per heavy atom. The SMILES string of the molecule is CC1(C)S[C@H]2N(C(=O)[C@@]2(NC(=O)COc2ccccc2)C(=O)O)[C@H]1C(=O)O. The number of nitrogens with one attached hydrogen (secondary N) is 1. The van der Waals surface area contributed by atoms with Crippen molar-refractivity contribution in [1.82, 2.24) is 10.2 Å². The van der Waals surface area contributed by atoms with Gasteiger partial charge in [-0.1, -0.05) is 18.2 Å². The number of benzene rings is 1. The van der Waals surface area contributed by atoms with Crippen LogP contribution in [0.5, 0.6) is 5.75 Å². The van der Waals surface area contributed by atoms with Crippen molar-refractivity contribution in [1.29, 1.82) is 0 Å². The molecule has 2 fully saturated rings. The Bertz CT molecular complexity index is 813. The van der Waals surface area contributed by atoms with Gasteiger partial charge in [0.05, 0.1) is 0 Å². The Morgan fingerprint density at radius 3 is 2.41 bits per heavy atom. The van der Waals surface area contributed by atoms with Crippen molar-refractivity contribution in [3.63, 3.8) is 0 Å². The van der Waals surface area contributed by atoms with Crippen LogP contribution in [0.1, 0.15) is 13.8 Å². The van der Waals surface area contributed by atoms with E-state index in [9.17, 15) is 29.4 Å². The van der Waals surface area contributed by atoms with Gasteiger partial charge in [0.15, 0.2) is 6.61 Å². The minimum atomic E-state index is -2.21. The fourth-order valence-electron chi connectivity index (χ4n) is 3.35. The molecular formula is C17H18N2O7S. The summed E-state index contributed by atoms with van der Waals surface area (Å²) in [5.41, 5.74) is -2.21. The summed E-state index contributed by atoms with van der Waals surface area (Å²) in [4.78, 5) is 49.3. The molecule has 2 heterocycles. The molecule has 3 rings (SSSR count). The number of hydrogen-bond donors (Lipinski definition) is 3. The number of carbonyl (C=O) groups excluding carboxylic acids is 2. The van der Waals surface area contributed by atoms with Crippen LogP contribution < -0.4 is 10.1 Å². The van der Waals surface area contributed by atoms with Gasteiger partial charge < -0.3 is 25.2 Å². The van der Waals surface area contributed by atoms with E-state index < -0.39 is 52.1 Å². The highest BCUT2D eigenvalue weighted by molar-refractivity contribution is 8.01. The maximum atomic E-state index is 12.6. The lowest BCUT2D eigenvalue weighted by molar-refractivity contribution is -0.179. The Morgan fingerprint density at radius 1 is 1.22 bits per heavy atom. The number of rotatable bonds is 6. The van der Waals surface area contributed by atoms with Gasteiger partial charge in [-0.25, -0.2) is 9.59 Å². The van der Waals surface area contributed by atoms with Crippen molar-refractivity contribution >= 4 is 35.5 Å². The number of carboxylic acid groups (broad SMARTS) is 2. The Labute approximate surface area is 158 Å². The fraction of sp³-hybridized carbons (Fsp3) is 0.412. The van der Waals surface area contributed by atoms with Crippen molar-refractivity contribution < 1.29 is 34.1 Å². The Hall–Kier alpha value is -2.75. The number of aliphatic carboxylic acids is 2. The molecule has 2 aliphatic rings. The van der Waals surface area contributed by atoms with Crippen LogP contribution in [0, 0.1) is 0 Å². The van der Waals surface area contributed by atoms with Crippen molar-refractivity contribution in [3.8, 4) is 5.75 Å². The van der Waals surface area contributed by atoms with E-state index in [-0.39, 0.29) is 0 Å². The number of β-lactam (4-membered cyclic amide) rings is 1. The van der Waals surface area contributed by atoms with Crippen LogP contribution in [0.15, 0.2) is 30.3 Å². The standard InChI is InChI=1S/C17H18N2O7S/c1-16(2)11(12(21)22)19-13(23)17(15(24)25,14(19)27-16)18-10(20)8-26-9-6-4-3-5-7-9/h3-7,11,14H,8H2,1-2H3,(H,18,20)(H,21,22)(H,24,25)/t11-,14+,17-/m0/s1. The summed E-state index contributed by atoms with van der Waals surface area (Å²) in [5.74, 6) is -4.07. The number of hydrogen-bond acceptors (Lipinski definition) is 6. The Kier molecular flexibility index (Phi) is 4.54. The average molecular weight is 394 g/mol. The molecule has 0 bridgehead atoms. The third-order valence-corrected chi connectivity index (χ3v) is 6.20. The maximum absolute atomic E-state index is 12.6. The number of nitrogens with zero attached hydrogens (tertiary/aromatic N) is 1. The second-order valence-corrected chi connectivity index (χ2v) is 8.52. The average Bonchev–Trinajstić information content (AvgIpc) is 2.87. The lowest BCUT2D eigenvalue weighted by atomic mass is 9.84. The fourth-order valence-corrected chi connectivity index (χ4v) is 5.03. The van der Waals surface area contributed by atoms with Gasteiger partial charge in [0, 0.05) is 4.75 Å². The molecule has 1 aromatic carbocycles. The van der Waals surface area contributed by atoms with Gasteiger partial charge >= 0.3 is 11.9 Å². The molecule has 0 radical (unpaired) electrons. The molecule has 1 aromatic rings. The van der Waals surface area contributed by atoms with E-state index in [4.69, 9.17) is 4.74 Å². The van der Waals surface area contributed by atoms with Crippen molar-refractivity contribution in [2.24, 2.45) is 0 Å². The lowest BCUT2D eigenvalue weighted by Crippen LogP contribution is -2.82. The molecule has 2 amide bonds. The van der Waals surface area contributed by atoms with Gasteiger partial charge in [-0.3, -0.25) is 9.59 Å². The first-order valence-electron chi connectivity index (χ1n) is 8.07. The topological polar surface area (TPSA) is 133 Å². The van der Waals surface area contributed by atoms with E-state index in [1.807, 2.05) is 0 Å². The van der Waals surface area contributed by atoms with Crippen LogP contribution >= 0.6 is 11.8 Å². The van der Waals surface area contributed by atoms with Gasteiger partial charge in [-0.15, -0.1) is 11.8 Å². The molecule has 9 nitrogen and oxygen atoms in total. The van der Waals surface area contributed by atoms with Crippen LogP contribution in [0.2, 0.25) is 0 Å². The number of thioether (sulfide) groups is 1. The molecule has 3 N–H and O–H groups in total. The monoisotopic (exact) mass is 394 g/mol. The third kappa shape index (κ3) is 2.89. The molecular weight excluding hydrogens is 376 g/mol. The second kappa shape index (κ2) is 6.45. The summed E-state index contributed by atoms with van der Waals surface area (Å²) in [5, 5.41) is 20.3. The predicted molar refractivity (Wildman–Crippen MR) is 94.2 cm³/mol. The maximum Gasteiger partial charge on any atom is 0.342 e. The van der Waals surface area contributed by atoms with E-state index >= 15 is 0 Å². The van der Waals surface area contributed by atoms with Gasteiger partial charge in [0.2, 0.25) is 5.54 Å². The molecule has 27 heavy (non-hydrogen) atoms. The molecule has 0 aromatic heterocycles. The van der Waals surface area contributed by atoms with E-state index in [1.165, 1.54) is 0 Å². The minimum Gasteiger partial charge on any atom is -0.484 e. The van der Waals surface area contributed by atoms with E-state index in [0.29, 0.717) is 5.75 Å². The van der Waals surface area contributed by atoms with Crippen LogP contribution in [0.3, 0.4) is 0 Å². The van der Waals surface area contributed by atoms with Gasteiger partial charge in [0.1, 0.15) is 17.2 Å². The zero-order valence-corrected chi connectivity index (χ0v) is 15.4. The highest BCUT2D eigenvalue weighted by atomic mass is 32.2. The smallest absolute Gasteiger partial charge is 0.342 e. The molecule has 0 spiro atoms. The first-order chi connectivity index (χ1) is 12.6. The molecule has 0 unspecified atom stereocenters. The summed E-state index contributed by atoms with van der Waals surface area (Å²) in [6.45, 7) is 2.76. The molecule has 10 heteroatoms. The van der Waals surface area contributed by atoms with Crippen LogP contribution in [0.25, 0.3) is 0 Å². The molecule has 0 saturated carbocycles. The number of para-hydroxylation sites is 1. The number of fused-ring (bicyclic) bond motifs is 1. The summed E-state index contributed by atoms with van der Waals surface area (Å²) < 4.78 is 4.37. The molecule has 3 atom stereocenters. The summed E-state index contributed by atoms with van der Waals surface area (Å²) in [7, 11) is 0. The van der Waals surface area contributed by atoms with E-state index in [2.05, 4.69) is 5.32 Å². The van der Waals surface area contributed by atoms with Crippen molar-refractivity contribution in [3.05, 3.63) is 30.3 Å². The first-order valence-corrected chi connectivity index (χ1v) is 8.95. The summed E-state index contributed by atoms with van der Waals surface area (Å²) in [6.07, 6.45) is 0. The largest absolute Gasteiger partial charge is 0.484 e. The van der Waals surface area contributed by atoms with Crippen molar-refractivity contribution in [2.45, 2.75) is 35.5 Å². The van der Waals surface area contributed by atoms with Crippen LogP contribution in [0.4, 0.5) is 0 Å². The molecule has 144 valence electrons. The quantitative estimate of drug-likeness (QED) is 0.459. The van der Waals surface area contributed by atoms with Gasteiger partial charge in [-0.05, 0) is 26.0 Å². The third-order valence-electron chi connectivity index (χ3n) is 4.57. The highest BCUT2D eigenvalue weighted by Gasteiger charge is 2.75. The number of ether oxygens (including phenoxy) is 1. The van der Waals surface area contributed by atoms with Crippen LogP contribution in [-0.2, 0) is 19.2 Å². The van der Waals surface area contributed by atoms with Gasteiger partial charge in [0.25, 0.3) is 11.8 Å². The number of carboxylic acids is 2. The predicted octanol–water partition coefficient (Wildman–Crippen LogP) is 0.152. The minimum absolute atomic E-state index is 0.418. The van der Waals surface area contributed by atoms with Crippen LogP contribution in [-0.4, -0.2) is 67.2 Å². The summed E-state index contributed by atoms with van der Waals surface area (Å²) in [6, 6.07) is 7.27.